The average Bonchev–Trinajstić information content (AvgIpc) is 2.04. The van der Waals surface area contributed by atoms with Crippen molar-refractivity contribution in [1.82, 2.24) is 4.72 Å². The van der Waals surface area contributed by atoms with Crippen molar-refractivity contribution in [1.29, 1.82) is 5.26 Å². The van der Waals surface area contributed by atoms with Crippen LogP contribution < -0.4 is 10.5 Å². The predicted octanol–water partition coefficient (Wildman–Crippen LogP) is -0.0547. The lowest BCUT2D eigenvalue weighted by atomic mass is 10.3. The Balaban J connectivity index is 4.16. The maximum atomic E-state index is 11.4. The van der Waals surface area contributed by atoms with Crippen LogP contribution in [0.15, 0.2) is 0 Å². The van der Waals surface area contributed by atoms with Crippen LogP contribution in [0.25, 0.3) is 0 Å². The zero-order valence-electron chi connectivity index (χ0n) is 8.53. The molecule has 0 aromatic rings. The molecule has 0 aliphatic rings. The van der Waals surface area contributed by atoms with E-state index < -0.39 is 15.3 Å². The monoisotopic (exact) mass is 219 g/mol. The minimum Gasteiger partial charge on any atom is -0.328 e. The van der Waals surface area contributed by atoms with Gasteiger partial charge in [0, 0.05) is 12.6 Å². The second-order valence-corrected chi connectivity index (χ2v) is 5.18. The molecule has 0 aromatic heterocycles. The molecular formula is C8H17N3O2S. The molecule has 0 aromatic carbocycles. The summed E-state index contributed by atoms with van der Waals surface area (Å²) in [4.78, 5) is 0. The first kappa shape index (κ1) is 13.4. The third-order valence-electron chi connectivity index (χ3n) is 1.79. The number of rotatable bonds is 6. The number of hydrogen-bond donors (Lipinski definition) is 2. The molecule has 82 valence electrons. The molecule has 0 fully saturated rings. The number of nitrogens with one attached hydrogen (secondary N) is 1. The van der Waals surface area contributed by atoms with E-state index in [-0.39, 0.29) is 12.6 Å². The Hall–Kier alpha value is -0.640. The van der Waals surface area contributed by atoms with Crippen molar-refractivity contribution in [2.45, 2.75) is 38.0 Å². The summed E-state index contributed by atoms with van der Waals surface area (Å²) in [6.45, 7) is 3.76. The third kappa shape index (κ3) is 4.56. The molecule has 0 aliphatic heterocycles. The number of hydrogen-bond acceptors (Lipinski definition) is 4. The molecule has 14 heavy (non-hydrogen) atoms. The lowest BCUT2D eigenvalue weighted by Crippen LogP contribution is -2.35. The summed E-state index contributed by atoms with van der Waals surface area (Å²) in [5, 5.41) is 7.61. The minimum absolute atomic E-state index is 0.0418. The van der Waals surface area contributed by atoms with Gasteiger partial charge in [0.05, 0.1) is 6.07 Å². The average molecular weight is 219 g/mol. The van der Waals surface area contributed by atoms with Crippen LogP contribution in [0, 0.1) is 11.3 Å². The molecule has 3 N–H and O–H groups in total. The van der Waals surface area contributed by atoms with Crippen LogP contribution in [0.4, 0.5) is 0 Å². The summed E-state index contributed by atoms with van der Waals surface area (Å²) in [6, 6.07) is 1.71. The second-order valence-electron chi connectivity index (χ2n) is 3.23. The highest BCUT2D eigenvalue weighted by atomic mass is 32.2. The van der Waals surface area contributed by atoms with E-state index in [1.165, 1.54) is 0 Å². The Morgan fingerprint density at radius 1 is 1.57 bits per heavy atom. The zero-order chi connectivity index (χ0) is 11.2. The maximum Gasteiger partial charge on any atom is 0.227 e. The van der Waals surface area contributed by atoms with E-state index in [0.717, 1.165) is 0 Å². The van der Waals surface area contributed by atoms with Gasteiger partial charge in [-0.2, -0.15) is 5.26 Å². The summed E-state index contributed by atoms with van der Waals surface area (Å²) >= 11 is 0. The van der Waals surface area contributed by atoms with E-state index in [1.54, 1.807) is 19.9 Å². The quantitative estimate of drug-likeness (QED) is 0.654. The van der Waals surface area contributed by atoms with Crippen molar-refractivity contribution >= 4 is 10.0 Å². The first-order valence-electron chi connectivity index (χ1n) is 4.57. The molecule has 0 saturated heterocycles. The summed E-state index contributed by atoms with van der Waals surface area (Å²) in [5.74, 6) is 0. The van der Waals surface area contributed by atoms with Crippen LogP contribution in [0.2, 0.25) is 0 Å². The Bertz CT molecular complexity index is 292. The zero-order valence-corrected chi connectivity index (χ0v) is 9.34. The first-order chi connectivity index (χ1) is 6.44. The van der Waals surface area contributed by atoms with Crippen LogP contribution in [-0.4, -0.2) is 26.3 Å². The molecule has 0 bridgehead atoms. The molecule has 2 unspecified atom stereocenters. The van der Waals surface area contributed by atoms with Gasteiger partial charge >= 0.3 is 0 Å². The highest BCUT2D eigenvalue weighted by Gasteiger charge is 2.22. The normalized spacial score (nSPS) is 15.9. The van der Waals surface area contributed by atoms with Crippen molar-refractivity contribution < 1.29 is 8.42 Å². The number of nitrogens with zero attached hydrogens (tertiary/aromatic N) is 1. The fourth-order valence-electron chi connectivity index (χ4n) is 0.910. The van der Waals surface area contributed by atoms with Crippen LogP contribution in [0.5, 0.6) is 0 Å². The highest BCUT2D eigenvalue weighted by molar-refractivity contribution is 7.90. The molecule has 0 radical (unpaired) electrons. The smallest absolute Gasteiger partial charge is 0.227 e. The van der Waals surface area contributed by atoms with E-state index in [1.807, 2.05) is 0 Å². The van der Waals surface area contributed by atoms with E-state index in [2.05, 4.69) is 4.72 Å². The summed E-state index contributed by atoms with van der Waals surface area (Å²) in [6.07, 6.45) is 0.866. The molecular weight excluding hydrogens is 202 g/mol. The van der Waals surface area contributed by atoms with Gasteiger partial charge in [0.2, 0.25) is 10.0 Å². The molecule has 0 heterocycles. The minimum atomic E-state index is -3.48. The van der Waals surface area contributed by atoms with Crippen LogP contribution >= 0.6 is 0 Å². The van der Waals surface area contributed by atoms with Gasteiger partial charge in [-0.25, -0.2) is 13.1 Å². The molecule has 2 atom stereocenters. The predicted molar refractivity (Wildman–Crippen MR) is 54.9 cm³/mol. The molecule has 6 heteroatoms. The SMILES string of the molecule is CCC(C#N)S(=O)(=O)NCCC(C)N. The van der Waals surface area contributed by atoms with E-state index in [9.17, 15) is 8.42 Å². The molecule has 0 rings (SSSR count). The van der Waals surface area contributed by atoms with Crippen molar-refractivity contribution in [2.24, 2.45) is 5.73 Å². The fourth-order valence-corrected chi connectivity index (χ4v) is 2.09. The van der Waals surface area contributed by atoms with Crippen molar-refractivity contribution in [3.8, 4) is 6.07 Å². The molecule has 0 aliphatic carbocycles. The number of nitriles is 1. The van der Waals surface area contributed by atoms with Gasteiger partial charge in [0.25, 0.3) is 0 Å². The van der Waals surface area contributed by atoms with Gasteiger partial charge in [-0.1, -0.05) is 6.92 Å². The van der Waals surface area contributed by atoms with E-state index in [0.29, 0.717) is 12.8 Å². The van der Waals surface area contributed by atoms with Gasteiger partial charge in [0.1, 0.15) is 0 Å². The molecule has 0 spiro atoms. The van der Waals surface area contributed by atoms with Gasteiger partial charge in [-0.15, -0.1) is 0 Å². The third-order valence-corrected chi connectivity index (χ3v) is 3.59. The Morgan fingerprint density at radius 3 is 2.50 bits per heavy atom. The van der Waals surface area contributed by atoms with Gasteiger partial charge in [-0.3, -0.25) is 0 Å². The first-order valence-corrected chi connectivity index (χ1v) is 6.12. The van der Waals surface area contributed by atoms with Gasteiger partial charge in [-0.05, 0) is 19.8 Å². The van der Waals surface area contributed by atoms with Gasteiger partial charge < -0.3 is 5.73 Å². The number of sulfonamides is 1. The number of nitrogens with two attached hydrogens (primary N) is 1. The van der Waals surface area contributed by atoms with E-state index in [4.69, 9.17) is 11.0 Å². The summed E-state index contributed by atoms with van der Waals surface area (Å²) in [5.41, 5.74) is 5.46. The fraction of sp³-hybridized carbons (Fsp3) is 0.875. The van der Waals surface area contributed by atoms with E-state index >= 15 is 0 Å². The lowest BCUT2D eigenvalue weighted by molar-refractivity contribution is 0.563. The van der Waals surface area contributed by atoms with Crippen LogP contribution in [-0.2, 0) is 10.0 Å². The molecule has 5 nitrogen and oxygen atoms in total. The molecule has 0 amide bonds. The van der Waals surface area contributed by atoms with Crippen molar-refractivity contribution in [3.05, 3.63) is 0 Å². The van der Waals surface area contributed by atoms with Crippen molar-refractivity contribution in [3.63, 3.8) is 0 Å². The van der Waals surface area contributed by atoms with Gasteiger partial charge in [0.15, 0.2) is 5.25 Å². The van der Waals surface area contributed by atoms with Crippen LogP contribution in [0.3, 0.4) is 0 Å². The largest absolute Gasteiger partial charge is 0.328 e. The maximum absolute atomic E-state index is 11.4. The lowest BCUT2D eigenvalue weighted by Gasteiger charge is -2.10. The summed E-state index contributed by atoms with van der Waals surface area (Å²) in [7, 11) is -3.48. The summed E-state index contributed by atoms with van der Waals surface area (Å²) < 4.78 is 25.2. The highest BCUT2D eigenvalue weighted by Crippen LogP contribution is 2.02. The topological polar surface area (TPSA) is 96.0 Å². The Kier molecular flexibility index (Phi) is 5.69. The van der Waals surface area contributed by atoms with Crippen molar-refractivity contribution in [2.75, 3.05) is 6.54 Å². The Labute approximate surface area is 85.3 Å². The van der Waals surface area contributed by atoms with Crippen LogP contribution in [0.1, 0.15) is 26.7 Å². The Morgan fingerprint density at radius 2 is 2.14 bits per heavy atom. The standard InChI is InChI=1S/C8H17N3O2S/c1-3-8(6-9)14(12,13)11-5-4-7(2)10/h7-8,11H,3-5,10H2,1-2H3. The second kappa shape index (κ2) is 5.96. The molecule has 0 saturated carbocycles.